The van der Waals surface area contributed by atoms with Crippen molar-refractivity contribution in [1.29, 1.82) is 0 Å². The molecule has 1 fully saturated rings. The number of pyridine rings is 2. The number of aromatic nitrogens is 4. The fraction of sp³-hybridized carbons (Fsp3) is 0.280. The highest BCUT2D eigenvalue weighted by molar-refractivity contribution is 6.35. The Morgan fingerprint density at radius 1 is 1.11 bits per heavy atom. The van der Waals surface area contributed by atoms with Crippen LogP contribution in [0.15, 0.2) is 42.7 Å². The van der Waals surface area contributed by atoms with Gasteiger partial charge in [-0.15, -0.1) is 0 Å². The van der Waals surface area contributed by atoms with Gasteiger partial charge in [-0.3, -0.25) is 5.10 Å². The second-order valence-electron chi connectivity index (χ2n) is 8.51. The SMILES string of the molecule is COC(=O)N1CCN(c2ccc(-c3n[nH]c4ccc(O[C@H](C)c5c(Cl)cnc(F)c5Cl)cc34)cn2)CC1. The Labute approximate surface area is 222 Å². The van der Waals surface area contributed by atoms with Gasteiger partial charge in [0, 0.05) is 55.1 Å². The molecule has 37 heavy (non-hydrogen) atoms. The number of fused-ring (bicyclic) bond motifs is 1. The maximum absolute atomic E-state index is 13.9. The molecule has 1 atom stereocenters. The van der Waals surface area contributed by atoms with E-state index in [1.165, 1.54) is 13.3 Å². The van der Waals surface area contributed by atoms with E-state index in [9.17, 15) is 9.18 Å². The lowest BCUT2D eigenvalue weighted by molar-refractivity contribution is 0.121. The number of benzene rings is 1. The van der Waals surface area contributed by atoms with Crippen LogP contribution >= 0.6 is 23.2 Å². The van der Waals surface area contributed by atoms with Gasteiger partial charge in [0.15, 0.2) is 0 Å². The Balaban J connectivity index is 1.34. The number of amides is 1. The second kappa shape index (κ2) is 10.4. The molecule has 1 aliphatic rings. The molecule has 0 spiro atoms. The lowest BCUT2D eigenvalue weighted by atomic mass is 10.1. The van der Waals surface area contributed by atoms with Crippen LogP contribution in [0, 0.1) is 5.95 Å². The highest BCUT2D eigenvalue weighted by Gasteiger charge is 2.23. The van der Waals surface area contributed by atoms with Gasteiger partial charge in [0.2, 0.25) is 5.95 Å². The van der Waals surface area contributed by atoms with Gasteiger partial charge in [-0.1, -0.05) is 23.2 Å². The summed E-state index contributed by atoms with van der Waals surface area (Å²) in [5.41, 5.74) is 2.70. The van der Waals surface area contributed by atoms with E-state index in [0.717, 1.165) is 22.3 Å². The quantitative estimate of drug-likeness (QED) is 0.331. The van der Waals surface area contributed by atoms with Gasteiger partial charge in [0.05, 0.1) is 17.6 Å². The van der Waals surface area contributed by atoms with Crippen LogP contribution in [0.2, 0.25) is 10.0 Å². The number of hydrogen-bond acceptors (Lipinski definition) is 7. The maximum Gasteiger partial charge on any atom is 0.409 e. The molecule has 0 saturated carbocycles. The minimum Gasteiger partial charge on any atom is -0.486 e. The summed E-state index contributed by atoms with van der Waals surface area (Å²) >= 11 is 12.3. The normalized spacial score (nSPS) is 14.6. The highest BCUT2D eigenvalue weighted by Crippen LogP contribution is 2.35. The number of rotatable bonds is 5. The average molecular weight is 545 g/mol. The van der Waals surface area contributed by atoms with Gasteiger partial charge in [0.25, 0.3) is 0 Å². The van der Waals surface area contributed by atoms with Crippen LogP contribution in [0.3, 0.4) is 0 Å². The van der Waals surface area contributed by atoms with Crippen molar-refractivity contribution in [2.75, 3.05) is 38.2 Å². The first-order chi connectivity index (χ1) is 17.9. The molecule has 9 nitrogen and oxygen atoms in total. The molecule has 0 radical (unpaired) electrons. The predicted molar refractivity (Wildman–Crippen MR) is 139 cm³/mol. The zero-order valence-electron chi connectivity index (χ0n) is 20.0. The topological polar surface area (TPSA) is 96.5 Å². The number of ether oxygens (including phenoxy) is 2. The van der Waals surface area contributed by atoms with E-state index >= 15 is 0 Å². The Morgan fingerprint density at radius 2 is 1.89 bits per heavy atom. The number of nitrogens with zero attached hydrogens (tertiary/aromatic N) is 5. The first-order valence-electron chi connectivity index (χ1n) is 11.5. The van der Waals surface area contributed by atoms with Crippen molar-refractivity contribution < 1.29 is 18.7 Å². The van der Waals surface area contributed by atoms with Gasteiger partial charge < -0.3 is 19.3 Å². The molecule has 12 heteroatoms. The van der Waals surface area contributed by atoms with E-state index in [1.54, 1.807) is 24.1 Å². The second-order valence-corrected chi connectivity index (χ2v) is 9.30. The van der Waals surface area contributed by atoms with E-state index in [-0.39, 0.29) is 16.1 Å². The van der Waals surface area contributed by atoms with Crippen LogP contribution in [0.1, 0.15) is 18.6 Å². The molecule has 1 amide bonds. The standard InChI is InChI=1S/C25H23Cl2FN6O3/c1-14(21-18(26)13-30-24(28)22(21)27)37-16-4-5-19-17(11-16)23(32-31-19)15-3-6-20(29-12-15)33-7-9-34(10-8-33)25(35)36-2/h3-6,11-14H,7-10H2,1-2H3,(H,31,32)/t14-/m1/s1. The third-order valence-electron chi connectivity index (χ3n) is 6.28. The van der Waals surface area contributed by atoms with Crippen molar-refractivity contribution in [1.82, 2.24) is 25.1 Å². The summed E-state index contributed by atoms with van der Waals surface area (Å²) in [7, 11) is 1.39. The Hall–Kier alpha value is -3.63. The Bertz CT molecular complexity index is 1440. The van der Waals surface area contributed by atoms with Crippen LogP contribution in [0.4, 0.5) is 15.0 Å². The summed E-state index contributed by atoms with van der Waals surface area (Å²) in [6.45, 7) is 4.22. The van der Waals surface area contributed by atoms with Crippen molar-refractivity contribution in [3.05, 3.63) is 64.3 Å². The van der Waals surface area contributed by atoms with Crippen molar-refractivity contribution in [3.8, 4) is 17.0 Å². The van der Waals surface area contributed by atoms with E-state index < -0.39 is 12.1 Å². The lowest BCUT2D eigenvalue weighted by Crippen LogP contribution is -2.49. The minimum absolute atomic E-state index is 0.164. The largest absolute Gasteiger partial charge is 0.486 e. The molecule has 1 N–H and O–H groups in total. The molecule has 192 valence electrons. The number of aromatic amines is 1. The number of carbonyl (C=O) groups excluding carboxylic acids is 1. The number of piperazine rings is 1. The van der Waals surface area contributed by atoms with Crippen LogP contribution in [-0.2, 0) is 4.74 Å². The number of methoxy groups -OCH3 is 1. The van der Waals surface area contributed by atoms with Crippen LogP contribution < -0.4 is 9.64 Å². The molecule has 4 aromatic rings. The molecule has 1 aliphatic heterocycles. The monoisotopic (exact) mass is 544 g/mol. The summed E-state index contributed by atoms with van der Waals surface area (Å²) in [6.07, 6.45) is 2.05. The molecule has 1 aromatic carbocycles. The Morgan fingerprint density at radius 3 is 2.59 bits per heavy atom. The van der Waals surface area contributed by atoms with Gasteiger partial charge in [-0.2, -0.15) is 9.49 Å². The molecule has 1 saturated heterocycles. The van der Waals surface area contributed by atoms with Crippen molar-refractivity contribution in [3.63, 3.8) is 0 Å². The first-order valence-corrected chi connectivity index (χ1v) is 12.3. The maximum atomic E-state index is 13.9. The number of H-pyrrole nitrogens is 1. The fourth-order valence-electron chi connectivity index (χ4n) is 4.34. The number of nitrogens with one attached hydrogen (secondary N) is 1. The number of carbonyl (C=O) groups is 1. The van der Waals surface area contributed by atoms with Crippen LogP contribution in [-0.4, -0.2) is 64.4 Å². The summed E-state index contributed by atoms with van der Waals surface area (Å²) in [4.78, 5) is 23.7. The fourth-order valence-corrected chi connectivity index (χ4v) is 4.99. The first kappa shape index (κ1) is 25.0. The molecule has 4 heterocycles. The molecular formula is C25H23Cl2FN6O3. The summed E-state index contributed by atoms with van der Waals surface area (Å²) < 4.78 is 24.7. The predicted octanol–water partition coefficient (Wildman–Crippen LogP) is 5.49. The average Bonchev–Trinajstić information content (AvgIpc) is 3.34. The zero-order chi connectivity index (χ0) is 26.1. The molecule has 5 rings (SSSR count). The van der Waals surface area contributed by atoms with Crippen LogP contribution in [0.5, 0.6) is 5.75 Å². The van der Waals surface area contributed by atoms with Gasteiger partial charge in [-0.05, 0) is 37.3 Å². The number of hydrogen-bond donors (Lipinski definition) is 1. The van der Waals surface area contributed by atoms with E-state index in [1.807, 2.05) is 24.3 Å². The van der Waals surface area contributed by atoms with Gasteiger partial charge >= 0.3 is 6.09 Å². The highest BCUT2D eigenvalue weighted by atomic mass is 35.5. The Kier molecular flexibility index (Phi) is 7.03. The third kappa shape index (κ3) is 4.99. The van der Waals surface area contributed by atoms with E-state index in [4.69, 9.17) is 32.7 Å². The van der Waals surface area contributed by atoms with Crippen molar-refractivity contribution in [2.24, 2.45) is 0 Å². The zero-order valence-corrected chi connectivity index (χ0v) is 21.6. The number of anilines is 1. The summed E-state index contributed by atoms with van der Waals surface area (Å²) in [5, 5.41) is 8.40. The van der Waals surface area contributed by atoms with Crippen molar-refractivity contribution in [2.45, 2.75) is 13.0 Å². The summed E-state index contributed by atoms with van der Waals surface area (Å²) in [5.74, 6) is 0.565. The summed E-state index contributed by atoms with van der Waals surface area (Å²) in [6, 6.07) is 9.39. The van der Waals surface area contributed by atoms with E-state index in [2.05, 4.69) is 25.1 Å². The van der Waals surface area contributed by atoms with E-state index in [0.29, 0.717) is 43.2 Å². The van der Waals surface area contributed by atoms with Crippen molar-refractivity contribution >= 4 is 46.0 Å². The lowest BCUT2D eigenvalue weighted by Gasteiger charge is -2.34. The van der Waals surface area contributed by atoms with Gasteiger partial charge in [0.1, 0.15) is 28.4 Å². The molecular weight excluding hydrogens is 522 g/mol. The number of halogens is 3. The molecule has 3 aromatic heterocycles. The molecule has 0 bridgehead atoms. The smallest absolute Gasteiger partial charge is 0.409 e. The minimum atomic E-state index is -0.801. The third-order valence-corrected chi connectivity index (χ3v) is 6.94. The van der Waals surface area contributed by atoms with Crippen LogP contribution in [0.25, 0.3) is 22.2 Å². The van der Waals surface area contributed by atoms with Gasteiger partial charge in [-0.25, -0.2) is 14.8 Å². The molecule has 0 aliphatic carbocycles. The molecule has 0 unspecified atom stereocenters.